The van der Waals surface area contributed by atoms with E-state index < -0.39 is 0 Å². The maximum Gasteiger partial charge on any atom is 0.251 e. The van der Waals surface area contributed by atoms with Gasteiger partial charge in [0.25, 0.3) is 5.91 Å². The zero-order valence-electron chi connectivity index (χ0n) is 11.8. The lowest BCUT2D eigenvalue weighted by Gasteiger charge is -2.07. The molecule has 1 N–H and O–H groups in total. The van der Waals surface area contributed by atoms with Crippen LogP contribution in [0.5, 0.6) is 0 Å². The van der Waals surface area contributed by atoms with Gasteiger partial charge in [-0.3, -0.25) is 4.79 Å². The predicted octanol–water partition coefficient (Wildman–Crippen LogP) is 3.76. The predicted molar refractivity (Wildman–Crippen MR) is 87.5 cm³/mol. The molecule has 0 heterocycles. The minimum absolute atomic E-state index is 0.0464. The number of halogens is 1. The van der Waals surface area contributed by atoms with Crippen LogP contribution in [0.4, 0.5) is 0 Å². The summed E-state index contributed by atoms with van der Waals surface area (Å²) in [7, 11) is 0. The molecule has 4 heteroatoms. The highest BCUT2D eigenvalue weighted by Gasteiger charge is 2.20. The Hall–Kier alpha value is -1.39. The van der Waals surface area contributed by atoms with Gasteiger partial charge in [0.15, 0.2) is 0 Å². The molecule has 0 bridgehead atoms. The summed E-state index contributed by atoms with van der Waals surface area (Å²) in [5.74, 6) is 0.718. The first-order valence-corrected chi connectivity index (χ1v) is 8.07. The highest BCUT2D eigenvalue weighted by atomic mass is 79.9. The molecule has 0 aromatic heterocycles. The van der Waals surface area contributed by atoms with Gasteiger partial charge in [0.2, 0.25) is 0 Å². The third-order valence-electron chi connectivity index (χ3n) is 3.65. The average molecular weight is 348 g/mol. The summed E-state index contributed by atoms with van der Waals surface area (Å²) in [6.07, 6.45) is 2.58. The van der Waals surface area contributed by atoms with E-state index in [1.54, 1.807) is 0 Å². The number of benzene rings is 2. The molecule has 2 aromatic rings. The fraction of sp³-hybridized carbons (Fsp3) is 0.353. The Labute approximate surface area is 132 Å². The van der Waals surface area contributed by atoms with E-state index in [4.69, 9.17) is 4.74 Å². The number of hydrogen-bond donors (Lipinski definition) is 1. The Balaban J connectivity index is 1.54. The Morgan fingerprint density at radius 3 is 2.76 bits per heavy atom. The van der Waals surface area contributed by atoms with E-state index in [2.05, 4.69) is 21.2 Å². The van der Waals surface area contributed by atoms with Crippen LogP contribution in [0.3, 0.4) is 0 Å². The molecule has 0 spiro atoms. The topological polar surface area (TPSA) is 38.3 Å². The Morgan fingerprint density at radius 1 is 1.19 bits per heavy atom. The van der Waals surface area contributed by atoms with E-state index in [0.29, 0.717) is 18.7 Å². The molecule has 0 radical (unpaired) electrons. The van der Waals surface area contributed by atoms with E-state index in [-0.39, 0.29) is 5.91 Å². The van der Waals surface area contributed by atoms with Crippen LogP contribution in [0.2, 0.25) is 0 Å². The summed E-state index contributed by atoms with van der Waals surface area (Å²) in [5.41, 5.74) is 0.687. The minimum Gasteiger partial charge on any atom is -0.379 e. The second-order valence-corrected chi connectivity index (χ2v) is 6.40. The number of amides is 1. The van der Waals surface area contributed by atoms with Crippen molar-refractivity contribution >= 4 is 32.6 Å². The van der Waals surface area contributed by atoms with Crippen LogP contribution in [0.15, 0.2) is 40.9 Å². The Morgan fingerprint density at radius 2 is 1.95 bits per heavy atom. The monoisotopic (exact) mass is 347 g/mol. The number of carbonyl (C=O) groups is 1. The quantitative estimate of drug-likeness (QED) is 0.808. The number of fused-ring (bicyclic) bond motifs is 1. The molecule has 2 aromatic carbocycles. The fourth-order valence-electron chi connectivity index (χ4n) is 2.23. The highest BCUT2D eigenvalue weighted by Crippen LogP contribution is 2.28. The SMILES string of the molecule is O=C(NCCOCC1CC1)c1ccc2cc(Br)ccc2c1. The van der Waals surface area contributed by atoms with E-state index >= 15 is 0 Å². The third kappa shape index (κ3) is 4.05. The van der Waals surface area contributed by atoms with Gasteiger partial charge in [0.05, 0.1) is 6.61 Å². The molecule has 1 fully saturated rings. The van der Waals surface area contributed by atoms with Gasteiger partial charge in [-0.15, -0.1) is 0 Å². The van der Waals surface area contributed by atoms with Crippen LogP contribution < -0.4 is 5.32 Å². The minimum atomic E-state index is -0.0464. The van der Waals surface area contributed by atoms with Gasteiger partial charge in [-0.1, -0.05) is 28.1 Å². The van der Waals surface area contributed by atoms with Crippen molar-refractivity contribution in [2.75, 3.05) is 19.8 Å². The number of ether oxygens (including phenoxy) is 1. The summed E-state index contributed by atoms with van der Waals surface area (Å²) in [4.78, 5) is 12.1. The smallest absolute Gasteiger partial charge is 0.251 e. The maximum absolute atomic E-state index is 12.1. The second-order valence-electron chi connectivity index (χ2n) is 5.48. The highest BCUT2D eigenvalue weighted by molar-refractivity contribution is 9.10. The molecule has 3 rings (SSSR count). The van der Waals surface area contributed by atoms with E-state index in [0.717, 1.165) is 27.8 Å². The van der Waals surface area contributed by atoms with Crippen LogP contribution in [0, 0.1) is 5.92 Å². The van der Waals surface area contributed by atoms with Crippen molar-refractivity contribution in [3.63, 3.8) is 0 Å². The molecule has 0 aliphatic heterocycles. The Kier molecular flexibility index (Phi) is 4.56. The van der Waals surface area contributed by atoms with Crippen LogP contribution >= 0.6 is 15.9 Å². The molecule has 1 aliphatic rings. The van der Waals surface area contributed by atoms with Crippen molar-refractivity contribution in [3.05, 3.63) is 46.4 Å². The first-order valence-electron chi connectivity index (χ1n) is 7.27. The molecule has 0 unspecified atom stereocenters. The van der Waals surface area contributed by atoms with Crippen LogP contribution in [-0.4, -0.2) is 25.7 Å². The fourth-order valence-corrected chi connectivity index (χ4v) is 2.61. The summed E-state index contributed by atoms with van der Waals surface area (Å²) >= 11 is 3.45. The summed E-state index contributed by atoms with van der Waals surface area (Å²) < 4.78 is 6.55. The van der Waals surface area contributed by atoms with Crippen molar-refractivity contribution in [2.45, 2.75) is 12.8 Å². The van der Waals surface area contributed by atoms with Gasteiger partial charge in [0, 0.05) is 23.2 Å². The van der Waals surface area contributed by atoms with Crippen molar-refractivity contribution in [3.8, 4) is 0 Å². The van der Waals surface area contributed by atoms with Crippen molar-refractivity contribution < 1.29 is 9.53 Å². The molecule has 0 atom stereocenters. The largest absolute Gasteiger partial charge is 0.379 e. The summed E-state index contributed by atoms with van der Waals surface area (Å²) in [6.45, 7) is 1.98. The molecule has 1 amide bonds. The zero-order valence-corrected chi connectivity index (χ0v) is 13.4. The van der Waals surface area contributed by atoms with Gasteiger partial charge >= 0.3 is 0 Å². The number of rotatable bonds is 6. The van der Waals surface area contributed by atoms with Crippen LogP contribution in [-0.2, 0) is 4.74 Å². The molecule has 3 nitrogen and oxygen atoms in total. The van der Waals surface area contributed by atoms with Gasteiger partial charge in [-0.05, 0) is 53.8 Å². The van der Waals surface area contributed by atoms with E-state index in [1.165, 1.54) is 12.8 Å². The van der Waals surface area contributed by atoms with Crippen molar-refractivity contribution in [1.82, 2.24) is 5.32 Å². The lowest BCUT2D eigenvalue weighted by atomic mass is 10.1. The van der Waals surface area contributed by atoms with Crippen LogP contribution in [0.1, 0.15) is 23.2 Å². The second kappa shape index (κ2) is 6.58. The number of carbonyl (C=O) groups excluding carboxylic acids is 1. The molecular weight excluding hydrogens is 330 g/mol. The van der Waals surface area contributed by atoms with Gasteiger partial charge in [0.1, 0.15) is 0 Å². The first kappa shape index (κ1) is 14.5. The lowest BCUT2D eigenvalue weighted by Crippen LogP contribution is -2.27. The van der Waals surface area contributed by atoms with Crippen LogP contribution in [0.25, 0.3) is 10.8 Å². The lowest BCUT2D eigenvalue weighted by molar-refractivity contribution is 0.0906. The molecular formula is C17H18BrNO2. The maximum atomic E-state index is 12.1. The molecule has 0 saturated heterocycles. The van der Waals surface area contributed by atoms with Gasteiger partial charge in [-0.2, -0.15) is 0 Å². The third-order valence-corrected chi connectivity index (χ3v) is 4.14. The van der Waals surface area contributed by atoms with Crippen molar-refractivity contribution in [2.24, 2.45) is 5.92 Å². The molecule has 1 aliphatic carbocycles. The standard InChI is InChI=1S/C17H18BrNO2/c18-16-6-5-13-9-15(4-3-14(13)10-16)17(20)19-7-8-21-11-12-1-2-12/h3-6,9-10,12H,1-2,7-8,11H2,(H,19,20). The van der Waals surface area contributed by atoms with E-state index in [9.17, 15) is 4.79 Å². The number of nitrogens with one attached hydrogen (secondary N) is 1. The zero-order chi connectivity index (χ0) is 14.7. The summed E-state index contributed by atoms with van der Waals surface area (Å²) in [5, 5.41) is 5.08. The molecule has 1 saturated carbocycles. The van der Waals surface area contributed by atoms with E-state index in [1.807, 2.05) is 36.4 Å². The van der Waals surface area contributed by atoms with Gasteiger partial charge in [-0.25, -0.2) is 0 Å². The number of hydrogen-bond acceptors (Lipinski definition) is 2. The summed E-state index contributed by atoms with van der Waals surface area (Å²) in [6, 6.07) is 11.8. The average Bonchev–Trinajstić information content (AvgIpc) is 3.30. The van der Waals surface area contributed by atoms with Crippen molar-refractivity contribution in [1.29, 1.82) is 0 Å². The first-order chi connectivity index (χ1) is 10.2. The Bertz CT molecular complexity index is 652. The van der Waals surface area contributed by atoms with Gasteiger partial charge < -0.3 is 10.1 Å². The molecule has 110 valence electrons. The molecule has 21 heavy (non-hydrogen) atoms. The normalized spacial score (nSPS) is 14.3.